The van der Waals surface area contributed by atoms with E-state index >= 15 is 0 Å². The first-order valence-corrected chi connectivity index (χ1v) is 8.70. The highest BCUT2D eigenvalue weighted by Gasteiger charge is 2.53. The minimum Gasteiger partial charge on any atom is -0.399 e. The smallest absolute Gasteiger partial charge is 0.251 e. The largest absolute Gasteiger partial charge is 0.399 e. The van der Waals surface area contributed by atoms with E-state index in [4.69, 9.17) is 5.73 Å². The molecule has 1 aromatic rings. The Morgan fingerprint density at radius 2 is 1.59 bits per heavy atom. The van der Waals surface area contributed by atoms with Crippen molar-refractivity contribution in [3.63, 3.8) is 0 Å². The number of nitrogens with one attached hydrogen (secondary N) is 1. The molecule has 1 atom stereocenters. The zero-order chi connectivity index (χ0) is 15.3. The van der Waals surface area contributed by atoms with Crippen molar-refractivity contribution < 1.29 is 4.79 Å². The Kier molecular flexibility index (Phi) is 3.21. The average Bonchev–Trinajstić information content (AvgIpc) is 2.46. The number of nitrogens with two attached hydrogens (primary N) is 1. The Morgan fingerprint density at radius 1 is 1.09 bits per heavy atom. The highest BCUT2D eigenvalue weighted by molar-refractivity contribution is 5.94. The zero-order valence-corrected chi connectivity index (χ0v) is 13.3. The fraction of sp³-hybridized carbons (Fsp3) is 0.632. The molecule has 4 bridgehead atoms. The van der Waals surface area contributed by atoms with Crippen LogP contribution in [0.25, 0.3) is 0 Å². The van der Waals surface area contributed by atoms with E-state index in [0.29, 0.717) is 16.7 Å². The molecule has 3 N–H and O–H groups in total. The molecule has 0 aliphatic heterocycles. The lowest BCUT2D eigenvalue weighted by atomic mass is 9.48. The van der Waals surface area contributed by atoms with Crippen LogP contribution in [0.15, 0.2) is 24.3 Å². The van der Waals surface area contributed by atoms with E-state index in [0.717, 1.165) is 17.8 Å². The topological polar surface area (TPSA) is 55.1 Å². The second-order valence-electron chi connectivity index (χ2n) is 8.10. The highest BCUT2D eigenvalue weighted by atomic mass is 16.1. The van der Waals surface area contributed by atoms with Gasteiger partial charge in [0.1, 0.15) is 0 Å². The van der Waals surface area contributed by atoms with Crippen molar-refractivity contribution in [2.45, 2.75) is 51.5 Å². The van der Waals surface area contributed by atoms with Gasteiger partial charge < -0.3 is 11.1 Å². The van der Waals surface area contributed by atoms with Gasteiger partial charge in [-0.1, -0.05) is 0 Å². The number of hydrogen-bond acceptors (Lipinski definition) is 2. The third-order valence-electron chi connectivity index (χ3n) is 6.52. The summed E-state index contributed by atoms with van der Waals surface area (Å²) in [6.45, 7) is 2.22. The fourth-order valence-electron chi connectivity index (χ4n) is 5.78. The number of hydrogen-bond donors (Lipinski definition) is 2. The Morgan fingerprint density at radius 3 is 2.09 bits per heavy atom. The van der Waals surface area contributed by atoms with Gasteiger partial charge in [0.15, 0.2) is 0 Å². The van der Waals surface area contributed by atoms with Crippen LogP contribution in [-0.4, -0.2) is 11.9 Å². The quantitative estimate of drug-likeness (QED) is 0.838. The molecule has 4 fully saturated rings. The molecule has 22 heavy (non-hydrogen) atoms. The normalized spacial score (nSPS) is 37.0. The summed E-state index contributed by atoms with van der Waals surface area (Å²) in [7, 11) is 0. The molecule has 0 heterocycles. The van der Waals surface area contributed by atoms with Gasteiger partial charge in [-0.15, -0.1) is 0 Å². The summed E-state index contributed by atoms with van der Waals surface area (Å²) in [5.41, 5.74) is 7.47. The van der Waals surface area contributed by atoms with Gasteiger partial charge in [0, 0.05) is 17.3 Å². The van der Waals surface area contributed by atoms with Crippen molar-refractivity contribution in [1.29, 1.82) is 0 Å². The van der Waals surface area contributed by atoms with Crippen LogP contribution in [0.1, 0.15) is 55.8 Å². The number of carbonyl (C=O) groups is 1. The molecule has 3 heteroatoms. The Balaban J connectivity index is 1.49. The summed E-state index contributed by atoms with van der Waals surface area (Å²) >= 11 is 0. The fourth-order valence-corrected chi connectivity index (χ4v) is 5.78. The summed E-state index contributed by atoms with van der Waals surface area (Å²) in [6.07, 6.45) is 8.29. The Labute approximate surface area is 132 Å². The minimum absolute atomic E-state index is 0.0447. The molecule has 4 aliphatic rings. The van der Waals surface area contributed by atoms with Crippen molar-refractivity contribution in [2.24, 2.45) is 23.2 Å². The Hall–Kier alpha value is -1.51. The molecule has 0 aromatic heterocycles. The predicted molar refractivity (Wildman–Crippen MR) is 88.4 cm³/mol. The summed E-state index contributed by atoms with van der Waals surface area (Å²) in [4.78, 5) is 12.5. The van der Waals surface area contributed by atoms with Gasteiger partial charge in [-0.05, 0) is 92.9 Å². The maximum atomic E-state index is 12.5. The second kappa shape index (κ2) is 5.00. The van der Waals surface area contributed by atoms with Crippen molar-refractivity contribution in [1.82, 2.24) is 5.32 Å². The number of amides is 1. The molecule has 5 rings (SSSR count). The Bertz CT molecular complexity index is 542. The number of anilines is 1. The first kappa shape index (κ1) is 14.1. The SMILES string of the molecule is C[C@@H](NC(=O)c1ccc(N)cc1)C12CC3CC(CC(C3)C1)C2. The van der Waals surface area contributed by atoms with Gasteiger partial charge in [0.05, 0.1) is 0 Å². The first-order chi connectivity index (χ1) is 10.5. The molecule has 1 amide bonds. The van der Waals surface area contributed by atoms with Crippen molar-refractivity contribution >= 4 is 11.6 Å². The van der Waals surface area contributed by atoms with Crippen molar-refractivity contribution in [3.8, 4) is 0 Å². The van der Waals surface area contributed by atoms with Gasteiger partial charge in [-0.25, -0.2) is 0 Å². The molecule has 0 radical (unpaired) electrons. The zero-order valence-electron chi connectivity index (χ0n) is 13.3. The van der Waals surface area contributed by atoms with E-state index < -0.39 is 0 Å². The van der Waals surface area contributed by atoms with Gasteiger partial charge in [0.2, 0.25) is 0 Å². The van der Waals surface area contributed by atoms with E-state index in [1.54, 1.807) is 12.1 Å². The minimum atomic E-state index is 0.0447. The van der Waals surface area contributed by atoms with E-state index in [2.05, 4.69) is 12.2 Å². The van der Waals surface area contributed by atoms with E-state index in [-0.39, 0.29) is 11.9 Å². The van der Waals surface area contributed by atoms with E-state index in [1.165, 1.54) is 38.5 Å². The average molecular weight is 298 g/mol. The molecule has 1 aromatic carbocycles. The number of rotatable bonds is 3. The molecule has 0 unspecified atom stereocenters. The maximum absolute atomic E-state index is 12.5. The maximum Gasteiger partial charge on any atom is 0.251 e. The third kappa shape index (κ3) is 2.31. The van der Waals surface area contributed by atoms with E-state index in [1.807, 2.05) is 12.1 Å². The van der Waals surface area contributed by atoms with Crippen LogP contribution in [0.2, 0.25) is 0 Å². The lowest BCUT2D eigenvalue weighted by Crippen LogP contribution is -2.55. The number of nitrogen functional groups attached to an aromatic ring is 1. The number of carbonyl (C=O) groups excluding carboxylic acids is 1. The van der Waals surface area contributed by atoms with Crippen LogP contribution in [-0.2, 0) is 0 Å². The van der Waals surface area contributed by atoms with Crippen LogP contribution >= 0.6 is 0 Å². The molecule has 0 saturated heterocycles. The van der Waals surface area contributed by atoms with Gasteiger partial charge >= 0.3 is 0 Å². The first-order valence-electron chi connectivity index (χ1n) is 8.70. The lowest BCUT2D eigenvalue weighted by Gasteiger charge is -2.59. The molecule has 118 valence electrons. The molecular formula is C19H26N2O. The standard InChI is InChI=1S/C19H26N2O/c1-12(21-18(22)16-2-4-17(20)5-3-16)19-9-13-6-14(10-19)8-15(7-13)11-19/h2-5,12-15H,6-11,20H2,1H3,(H,21,22)/t12-,13?,14?,15?,19?/m1/s1. The summed E-state index contributed by atoms with van der Waals surface area (Å²) in [5, 5.41) is 3.29. The van der Waals surface area contributed by atoms with Crippen molar-refractivity contribution in [3.05, 3.63) is 29.8 Å². The van der Waals surface area contributed by atoms with E-state index in [9.17, 15) is 4.79 Å². The van der Waals surface area contributed by atoms with Gasteiger partial charge in [0.25, 0.3) is 5.91 Å². The monoisotopic (exact) mass is 298 g/mol. The molecule has 0 spiro atoms. The predicted octanol–water partition coefficient (Wildman–Crippen LogP) is 3.60. The van der Waals surface area contributed by atoms with Crippen LogP contribution in [0.5, 0.6) is 0 Å². The summed E-state index contributed by atoms with van der Waals surface area (Å²) in [6, 6.07) is 7.49. The molecule has 3 nitrogen and oxygen atoms in total. The number of benzene rings is 1. The molecular weight excluding hydrogens is 272 g/mol. The van der Waals surface area contributed by atoms with Crippen LogP contribution in [0, 0.1) is 23.2 Å². The second-order valence-corrected chi connectivity index (χ2v) is 8.10. The van der Waals surface area contributed by atoms with Crippen molar-refractivity contribution in [2.75, 3.05) is 5.73 Å². The van der Waals surface area contributed by atoms with Crippen LogP contribution in [0.4, 0.5) is 5.69 Å². The van der Waals surface area contributed by atoms with Crippen LogP contribution in [0.3, 0.4) is 0 Å². The summed E-state index contributed by atoms with van der Waals surface area (Å²) < 4.78 is 0. The van der Waals surface area contributed by atoms with Gasteiger partial charge in [-0.3, -0.25) is 4.79 Å². The highest BCUT2D eigenvalue weighted by Crippen LogP contribution is 2.61. The van der Waals surface area contributed by atoms with Crippen LogP contribution < -0.4 is 11.1 Å². The summed E-state index contributed by atoms with van der Waals surface area (Å²) in [5.74, 6) is 2.80. The molecule has 4 saturated carbocycles. The third-order valence-corrected chi connectivity index (χ3v) is 6.52. The molecule has 4 aliphatic carbocycles. The lowest BCUT2D eigenvalue weighted by molar-refractivity contribution is -0.0688. The van der Waals surface area contributed by atoms with Gasteiger partial charge in [-0.2, -0.15) is 0 Å².